The summed E-state index contributed by atoms with van der Waals surface area (Å²) in [4.78, 5) is 4.84. The molecule has 0 unspecified atom stereocenters. The predicted octanol–water partition coefficient (Wildman–Crippen LogP) is 8.15. The first-order valence-electron chi connectivity index (χ1n) is 8.95. The van der Waals surface area contributed by atoms with Crippen LogP contribution in [0.4, 0.5) is 32.0 Å². The molecule has 0 aliphatic heterocycles. The van der Waals surface area contributed by atoms with Crippen LogP contribution < -0.4 is 0 Å². The second-order valence-electron chi connectivity index (χ2n) is 6.35. The van der Waals surface area contributed by atoms with Crippen molar-refractivity contribution in [1.82, 2.24) is 0 Å². The van der Waals surface area contributed by atoms with Crippen LogP contribution in [-0.2, 0) is 12.4 Å². The van der Waals surface area contributed by atoms with Crippen LogP contribution in [0, 0.1) is 0 Å². The van der Waals surface area contributed by atoms with Crippen LogP contribution in [-0.4, -0.2) is 5.71 Å². The maximum absolute atomic E-state index is 12.9. The Bertz CT molecular complexity index is 1070. The first-order valence-corrected chi connectivity index (χ1v) is 9.83. The summed E-state index contributed by atoms with van der Waals surface area (Å²) in [5, 5.41) is 1.55. The zero-order valence-corrected chi connectivity index (χ0v) is 16.6. The zero-order valence-electron chi connectivity index (χ0n) is 15.8. The molecule has 0 aromatic heterocycles. The summed E-state index contributed by atoms with van der Waals surface area (Å²) in [5.41, 5.74) is -0.132. The molecule has 8 heteroatoms. The summed E-state index contributed by atoms with van der Waals surface area (Å²) in [6.07, 6.45) is -7.34. The Morgan fingerprint density at radius 1 is 0.710 bits per heavy atom. The maximum atomic E-state index is 12.9. The highest BCUT2D eigenvalue weighted by molar-refractivity contribution is 8.02. The molecule has 1 nitrogen and oxygen atoms in total. The highest BCUT2D eigenvalue weighted by Gasteiger charge is 2.31. The fourth-order valence-electron chi connectivity index (χ4n) is 2.59. The topological polar surface area (TPSA) is 12.4 Å². The minimum atomic E-state index is -4.45. The fourth-order valence-corrected chi connectivity index (χ4v) is 3.30. The third-order valence-electron chi connectivity index (χ3n) is 4.11. The average Bonchev–Trinajstić information content (AvgIpc) is 2.73. The largest absolute Gasteiger partial charge is 0.416 e. The molecule has 0 spiro atoms. The molecule has 0 aliphatic rings. The Kier molecular flexibility index (Phi) is 6.90. The molecule has 0 aliphatic carbocycles. The molecule has 0 atom stereocenters. The Labute approximate surface area is 179 Å². The van der Waals surface area contributed by atoms with Crippen molar-refractivity contribution in [1.29, 1.82) is 0 Å². The summed E-state index contributed by atoms with van der Waals surface area (Å²) in [5.74, 6) is 0. The van der Waals surface area contributed by atoms with E-state index >= 15 is 0 Å². The molecule has 31 heavy (non-hydrogen) atoms. The summed E-state index contributed by atoms with van der Waals surface area (Å²) >= 11 is 1.05. The predicted molar refractivity (Wildman–Crippen MR) is 111 cm³/mol. The van der Waals surface area contributed by atoms with Crippen LogP contribution in [0.15, 0.2) is 100 Å². The number of aliphatic imine (C=N–C) groups is 1. The van der Waals surface area contributed by atoms with Crippen molar-refractivity contribution in [3.05, 3.63) is 107 Å². The van der Waals surface area contributed by atoms with E-state index in [0.717, 1.165) is 36.0 Å². The van der Waals surface area contributed by atoms with E-state index in [2.05, 4.69) is 4.99 Å². The monoisotopic (exact) mass is 451 g/mol. The van der Waals surface area contributed by atoms with E-state index in [1.54, 1.807) is 41.8 Å². The van der Waals surface area contributed by atoms with Gasteiger partial charge in [-0.25, -0.2) is 4.99 Å². The lowest BCUT2D eigenvalue weighted by Gasteiger charge is -2.08. The Morgan fingerprint density at radius 2 is 1.35 bits per heavy atom. The number of allylic oxidation sites excluding steroid dienone is 1. The standard InChI is InChI=1S/C23H15F6NS/c24-22(25,26)17-11-9-16(10-12-17)21(30-19-6-2-1-3-7-19)13-14-31-20-8-4-5-18(15-20)23(27,28)29/h1-15H. The second-order valence-corrected chi connectivity index (χ2v) is 7.33. The van der Waals surface area contributed by atoms with Gasteiger partial charge in [0.2, 0.25) is 0 Å². The number of hydrogen-bond donors (Lipinski definition) is 0. The van der Waals surface area contributed by atoms with E-state index in [0.29, 0.717) is 21.9 Å². The van der Waals surface area contributed by atoms with Crippen molar-refractivity contribution in [3.63, 3.8) is 0 Å². The molecule has 0 heterocycles. The molecule has 0 bridgehead atoms. The average molecular weight is 451 g/mol. The lowest BCUT2D eigenvalue weighted by molar-refractivity contribution is -0.138. The second kappa shape index (κ2) is 9.43. The van der Waals surface area contributed by atoms with Gasteiger partial charge in [-0.3, -0.25) is 0 Å². The molecule has 160 valence electrons. The molecular weight excluding hydrogens is 436 g/mol. The number of alkyl halides is 6. The van der Waals surface area contributed by atoms with Crippen LogP contribution in [0.25, 0.3) is 0 Å². The zero-order chi connectivity index (χ0) is 22.5. The van der Waals surface area contributed by atoms with Gasteiger partial charge in [-0.1, -0.05) is 48.2 Å². The van der Waals surface area contributed by atoms with Crippen LogP contribution >= 0.6 is 11.8 Å². The van der Waals surface area contributed by atoms with Gasteiger partial charge in [0.25, 0.3) is 0 Å². The third kappa shape index (κ3) is 6.49. The van der Waals surface area contributed by atoms with Crippen LogP contribution in [0.3, 0.4) is 0 Å². The van der Waals surface area contributed by atoms with Crippen molar-refractivity contribution in [2.24, 2.45) is 4.99 Å². The number of nitrogens with zero attached hydrogens (tertiary/aromatic N) is 1. The number of para-hydroxylation sites is 1. The Morgan fingerprint density at radius 3 is 1.97 bits per heavy atom. The molecule has 0 amide bonds. The molecule has 0 radical (unpaired) electrons. The van der Waals surface area contributed by atoms with Gasteiger partial charge in [-0.15, -0.1) is 0 Å². The third-order valence-corrected chi connectivity index (χ3v) is 4.90. The highest BCUT2D eigenvalue weighted by Crippen LogP contribution is 2.32. The molecule has 3 aromatic rings. The smallest absolute Gasteiger partial charge is 0.248 e. The number of halogens is 6. The first-order chi connectivity index (χ1) is 14.6. The molecule has 0 N–H and O–H groups in total. The molecule has 3 rings (SSSR count). The number of hydrogen-bond acceptors (Lipinski definition) is 2. The van der Waals surface area contributed by atoms with Gasteiger partial charge >= 0.3 is 12.4 Å². The summed E-state index contributed by atoms with van der Waals surface area (Å²) in [7, 11) is 0. The van der Waals surface area contributed by atoms with E-state index in [9.17, 15) is 26.3 Å². The van der Waals surface area contributed by atoms with Gasteiger partial charge in [0.05, 0.1) is 22.5 Å². The number of rotatable bonds is 5. The maximum Gasteiger partial charge on any atom is 0.416 e. The van der Waals surface area contributed by atoms with E-state index in [1.807, 2.05) is 0 Å². The van der Waals surface area contributed by atoms with Gasteiger partial charge in [0, 0.05) is 10.5 Å². The van der Waals surface area contributed by atoms with Crippen molar-refractivity contribution in [2.45, 2.75) is 17.2 Å². The van der Waals surface area contributed by atoms with Crippen molar-refractivity contribution in [3.8, 4) is 0 Å². The minimum Gasteiger partial charge on any atom is -0.248 e. The van der Waals surface area contributed by atoms with Gasteiger partial charge in [-0.2, -0.15) is 26.3 Å². The molecule has 0 fully saturated rings. The van der Waals surface area contributed by atoms with Gasteiger partial charge < -0.3 is 0 Å². The normalized spacial score (nSPS) is 13.0. The molecule has 0 saturated heterocycles. The lowest BCUT2D eigenvalue weighted by atomic mass is 10.1. The van der Waals surface area contributed by atoms with Crippen molar-refractivity contribution >= 4 is 23.2 Å². The van der Waals surface area contributed by atoms with Gasteiger partial charge in [0.1, 0.15) is 0 Å². The molecular formula is C23H15F6NS. The van der Waals surface area contributed by atoms with E-state index in [1.165, 1.54) is 24.3 Å². The van der Waals surface area contributed by atoms with E-state index < -0.39 is 23.5 Å². The Hall–Kier alpha value is -3.00. The van der Waals surface area contributed by atoms with Crippen molar-refractivity contribution in [2.75, 3.05) is 0 Å². The van der Waals surface area contributed by atoms with Crippen LogP contribution in [0.1, 0.15) is 16.7 Å². The summed E-state index contributed by atoms with van der Waals surface area (Å²) in [6.45, 7) is 0. The number of thioether (sulfide) groups is 1. The SMILES string of the molecule is FC(F)(F)c1ccc(C(C=CSc2cccc(C(F)(F)F)c2)=Nc2ccccc2)cc1. The van der Waals surface area contributed by atoms with Crippen molar-refractivity contribution < 1.29 is 26.3 Å². The fraction of sp³-hybridized carbons (Fsp3) is 0.0870. The van der Waals surface area contributed by atoms with Gasteiger partial charge in [0.15, 0.2) is 0 Å². The minimum absolute atomic E-state index is 0.373. The lowest BCUT2D eigenvalue weighted by Crippen LogP contribution is -2.05. The van der Waals surface area contributed by atoms with Crippen LogP contribution in [0.2, 0.25) is 0 Å². The highest BCUT2D eigenvalue weighted by atomic mass is 32.2. The van der Waals surface area contributed by atoms with E-state index in [4.69, 9.17) is 0 Å². The summed E-state index contributed by atoms with van der Waals surface area (Å²) < 4.78 is 77.2. The van der Waals surface area contributed by atoms with Gasteiger partial charge in [-0.05, 0) is 53.9 Å². The first kappa shape index (κ1) is 22.7. The molecule has 0 saturated carbocycles. The molecule has 3 aromatic carbocycles. The van der Waals surface area contributed by atoms with Crippen LogP contribution in [0.5, 0.6) is 0 Å². The Balaban J connectivity index is 1.88. The summed E-state index contributed by atoms with van der Waals surface area (Å²) in [6, 6.07) is 18.2. The van der Waals surface area contributed by atoms with E-state index in [-0.39, 0.29) is 0 Å². The number of benzene rings is 3. The quantitative estimate of drug-likeness (QED) is 0.217.